The third-order valence-electron chi connectivity index (χ3n) is 0.825. The molecule has 1 unspecified atom stereocenters. The van der Waals surface area contributed by atoms with Gasteiger partial charge in [-0.3, -0.25) is 4.79 Å². The Labute approximate surface area is 53.7 Å². The summed E-state index contributed by atoms with van der Waals surface area (Å²) in [6.45, 7) is 6.31. The van der Waals surface area contributed by atoms with Crippen molar-refractivity contribution in [2.75, 3.05) is 0 Å². The van der Waals surface area contributed by atoms with Gasteiger partial charge < -0.3 is 9.90 Å². The van der Waals surface area contributed by atoms with Gasteiger partial charge in [-0.2, -0.15) is 0 Å². The molecule has 0 amide bonds. The molecule has 0 heterocycles. The Kier molecular flexibility index (Phi) is 2.91. The lowest BCUT2D eigenvalue weighted by Gasteiger charge is -1.99. The van der Waals surface area contributed by atoms with Gasteiger partial charge in [0, 0.05) is 6.42 Å². The molecular weight excluding hydrogens is 120 g/mol. The summed E-state index contributed by atoms with van der Waals surface area (Å²) in [6.07, 6.45) is -0.0880. The molecule has 0 aromatic heterocycles. The molecule has 9 heavy (non-hydrogen) atoms. The van der Waals surface area contributed by atoms with Crippen molar-refractivity contribution in [3.8, 4) is 0 Å². The fourth-order valence-corrected chi connectivity index (χ4v) is 0.397. The third-order valence-corrected chi connectivity index (χ3v) is 0.825. The maximum Gasteiger partial charge on any atom is 0.307 e. The molecule has 0 saturated heterocycles. The number of ketones is 1. The standard InChI is InChI=1S/C6H8O3/c1-4(6(8)9)3-5(2)7/h1,4H,3H2,2H3,(H,8,9). The van der Waals surface area contributed by atoms with Gasteiger partial charge in [-0.1, -0.05) is 0 Å². The van der Waals surface area contributed by atoms with Gasteiger partial charge in [-0.25, -0.2) is 0 Å². The molecule has 3 heteroatoms. The smallest absolute Gasteiger partial charge is 0.307 e. The number of aliphatic carboxylic acids is 1. The molecule has 0 aromatic rings. The minimum atomic E-state index is -1.13. The number of hydrogen-bond donors (Lipinski definition) is 1. The van der Waals surface area contributed by atoms with Crippen molar-refractivity contribution in [3.05, 3.63) is 6.92 Å². The fraction of sp³-hybridized carbons (Fsp3) is 0.500. The molecule has 50 valence electrons. The Morgan fingerprint density at radius 1 is 1.67 bits per heavy atom. The van der Waals surface area contributed by atoms with Crippen LogP contribution in [0.1, 0.15) is 13.3 Å². The van der Waals surface area contributed by atoms with Gasteiger partial charge >= 0.3 is 5.97 Å². The average molecular weight is 128 g/mol. The molecule has 0 aliphatic carbocycles. The largest absolute Gasteiger partial charge is 0.481 e. The highest BCUT2D eigenvalue weighted by Gasteiger charge is 2.12. The van der Waals surface area contributed by atoms with E-state index < -0.39 is 11.9 Å². The Balaban J connectivity index is 3.63. The maximum atomic E-state index is 10.2. The quantitative estimate of drug-likeness (QED) is 0.597. The fourth-order valence-electron chi connectivity index (χ4n) is 0.397. The van der Waals surface area contributed by atoms with Gasteiger partial charge in [0.1, 0.15) is 5.78 Å². The van der Waals surface area contributed by atoms with E-state index in [1.165, 1.54) is 6.92 Å². The first-order chi connectivity index (χ1) is 4.04. The van der Waals surface area contributed by atoms with E-state index >= 15 is 0 Å². The topological polar surface area (TPSA) is 54.4 Å². The highest BCUT2D eigenvalue weighted by Crippen LogP contribution is 2.00. The predicted octanol–water partition coefficient (Wildman–Crippen LogP) is 0.377. The van der Waals surface area contributed by atoms with Gasteiger partial charge in [-0.05, 0) is 13.8 Å². The van der Waals surface area contributed by atoms with Crippen molar-refractivity contribution in [1.29, 1.82) is 0 Å². The van der Waals surface area contributed by atoms with Crippen molar-refractivity contribution in [2.45, 2.75) is 13.3 Å². The lowest BCUT2D eigenvalue weighted by Crippen LogP contribution is -2.12. The Morgan fingerprint density at radius 3 is 2.22 bits per heavy atom. The number of carboxylic acids is 1. The molecule has 3 nitrogen and oxygen atoms in total. The van der Waals surface area contributed by atoms with E-state index in [1.54, 1.807) is 0 Å². The molecule has 0 bridgehead atoms. The summed E-state index contributed by atoms with van der Waals surface area (Å²) in [5, 5.41) is 8.15. The predicted molar refractivity (Wildman–Crippen MR) is 30.7 cm³/mol. The van der Waals surface area contributed by atoms with Crippen molar-refractivity contribution in [1.82, 2.24) is 0 Å². The van der Waals surface area contributed by atoms with Crippen LogP contribution in [0.4, 0.5) is 0 Å². The number of carbonyl (C=O) groups is 2. The van der Waals surface area contributed by atoms with Crippen molar-refractivity contribution < 1.29 is 14.7 Å². The van der Waals surface area contributed by atoms with Crippen molar-refractivity contribution >= 4 is 11.8 Å². The summed E-state index contributed by atoms with van der Waals surface area (Å²) in [5.41, 5.74) is 0. The second-order valence-electron chi connectivity index (χ2n) is 1.85. The first-order valence-corrected chi connectivity index (χ1v) is 2.52. The number of carboxylic acid groups (broad SMARTS) is 1. The highest BCUT2D eigenvalue weighted by molar-refractivity contribution is 5.82. The van der Waals surface area contributed by atoms with Crippen LogP contribution in [0.3, 0.4) is 0 Å². The molecule has 0 rings (SSSR count). The van der Waals surface area contributed by atoms with Crippen molar-refractivity contribution in [2.24, 2.45) is 5.92 Å². The van der Waals surface area contributed by atoms with Gasteiger partial charge in [-0.15, -0.1) is 0 Å². The second kappa shape index (κ2) is 3.22. The number of rotatable bonds is 3. The van der Waals surface area contributed by atoms with Crippen LogP contribution >= 0.6 is 0 Å². The van der Waals surface area contributed by atoms with Crippen LogP contribution in [-0.2, 0) is 9.59 Å². The van der Waals surface area contributed by atoms with E-state index in [0.29, 0.717) is 0 Å². The molecule has 0 aromatic carbocycles. The van der Waals surface area contributed by atoms with Gasteiger partial charge in [0.25, 0.3) is 0 Å². The molecule has 0 aliphatic heterocycles. The molecule has 1 atom stereocenters. The summed E-state index contributed by atoms with van der Waals surface area (Å²) in [6, 6.07) is 0. The monoisotopic (exact) mass is 128 g/mol. The van der Waals surface area contributed by atoms with E-state index in [0.717, 1.165) is 0 Å². The zero-order valence-corrected chi connectivity index (χ0v) is 5.13. The first kappa shape index (κ1) is 8.14. The molecule has 0 aliphatic rings. The van der Waals surface area contributed by atoms with E-state index in [1.807, 2.05) is 0 Å². The Bertz CT molecular complexity index is 128. The summed E-state index contributed by atoms with van der Waals surface area (Å²) in [7, 11) is 0. The molecule has 0 saturated carbocycles. The Hall–Kier alpha value is -0.860. The SMILES string of the molecule is [CH]C(CC(C)=O)C(=O)O. The van der Waals surface area contributed by atoms with Gasteiger partial charge in [0.2, 0.25) is 0 Å². The summed E-state index contributed by atoms with van der Waals surface area (Å²) in [4.78, 5) is 20.2. The van der Waals surface area contributed by atoms with Gasteiger partial charge in [0.15, 0.2) is 0 Å². The van der Waals surface area contributed by atoms with Crippen LogP contribution in [0.5, 0.6) is 0 Å². The second-order valence-corrected chi connectivity index (χ2v) is 1.85. The van der Waals surface area contributed by atoms with E-state index in [9.17, 15) is 9.59 Å². The molecule has 1 N–H and O–H groups in total. The number of carbonyl (C=O) groups excluding carboxylic acids is 1. The van der Waals surface area contributed by atoms with E-state index in [4.69, 9.17) is 12.0 Å². The van der Waals surface area contributed by atoms with E-state index in [-0.39, 0.29) is 12.2 Å². The van der Waals surface area contributed by atoms with E-state index in [2.05, 4.69) is 0 Å². The van der Waals surface area contributed by atoms with Gasteiger partial charge in [0.05, 0.1) is 5.92 Å². The minimum Gasteiger partial charge on any atom is -0.481 e. The maximum absolute atomic E-state index is 10.2. The van der Waals surface area contributed by atoms with Crippen LogP contribution in [-0.4, -0.2) is 16.9 Å². The zero-order chi connectivity index (χ0) is 7.44. The summed E-state index contributed by atoms with van der Waals surface area (Å²) >= 11 is 0. The van der Waals surface area contributed by atoms with Crippen LogP contribution in [0.25, 0.3) is 0 Å². The molecule has 0 fully saturated rings. The third kappa shape index (κ3) is 3.70. The van der Waals surface area contributed by atoms with Crippen LogP contribution in [0.15, 0.2) is 0 Å². The normalized spacial score (nSPS) is 12.7. The lowest BCUT2D eigenvalue weighted by molar-refractivity contribution is -0.141. The summed E-state index contributed by atoms with van der Waals surface area (Å²) < 4.78 is 0. The molecular formula is C6H8O3. The Morgan fingerprint density at radius 2 is 2.11 bits per heavy atom. The average Bonchev–Trinajstić information content (AvgIpc) is 1.63. The number of Topliss-reactive ketones (excluding diaryl/α,β-unsaturated/α-hetero) is 1. The molecule has 0 spiro atoms. The highest BCUT2D eigenvalue weighted by atomic mass is 16.4. The lowest BCUT2D eigenvalue weighted by atomic mass is 10.1. The van der Waals surface area contributed by atoms with Crippen molar-refractivity contribution in [3.63, 3.8) is 0 Å². The zero-order valence-electron chi connectivity index (χ0n) is 5.13. The van der Waals surface area contributed by atoms with Crippen LogP contribution < -0.4 is 0 Å². The number of hydrogen-bond acceptors (Lipinski definition) is 2. The summed E-state index contributed by atoms with van der Waals surface area (Å²) in [5.74, 6) is -2.38. The van der Waals surface area contributed by atoms with Crippen LogP contribution in [0, 0.1) is 12.8 Å². The minimum absolute atomic E-state index is 0.0880. The van der Waals surface area contributed by atoms with Crippen LogP contribution in [0.2, 0.25) is 0 Å². The first-order valence-electron chi connectivity index (χ1n) is 2.52. The molecule has 2 radical (unpaired) electrons.